The zero-order chi connectivity index (χ0) is 17.4. The van der Waals surface area contributed by atoms with Gasteiger partial charge in [0.1, 0.15) is 6.10 Å². The minimum atomic E-state index is -0.520. The van der Waals surface area contributed by atoms with Gasteiger partial charge in [-0.25, -0.2) is 4.98 Å². The molecule has 1 N–H and O–H groups in total. The summed E-state index contributed by atoms with van der Waals surface area (Å²) in [6.07, 6.45) is 2.91. The van der Waals surface area contributed by atoms with Gasteiger partial charge >= 0.3 is 0 Å². The quantitative estimate of drug-likeness (QED) is 0.576. The molecule has 6 nitrogen and oxygen atoms in total. The second kappa shape index (κ2) is 6.22. The van der Waals surface area contributed by atoms with Crippen LogP contribution in [0.1, 0.15) is 10.4 Å². The molecule has 1 saturated heterocycles. The minimum Gasteiger partial charge on any atom is -0.471 e. The monoisotopic (exact) mass is 355 g/mol. The van der Waals surface area contributed by atoms with Crippen molar-refractivity contribution in [2.45, 2.75) is 6.10 Å². The van der Waals surface area contributed by atoms with Crippen molar-refractivity contribution >= 4 is 34.2 Å². The molecule has 0 aliphatic carbocycles. The van der Waals surface area contributed by atoms with Crippen LogP contribution in [0.3, 0.4) is 0 Å². The molecule has 7 heteroatoms. The van der Waals surface area contributed by atoms with Gasteiger partial charge in [0.15, 0.2) is 0 Å². The highest BCUT2D eigenvalue weighted by atomic mass is 35.5. The van der Waals surface area contributed by atoms with E-state index in [2.05, 4.69) is 9.97 Å². The molecule has 0 radical (unpaired) electrons. The number of nitrogens with zero attached hydrogens (tertiary/aromatic N) is 2. The van der Waals surface area contributed by atoms with Crippen LogP contribution in [0.4, 0.5) is 0 Å². The third-order valence-corrected chi connectivity index (χ3v) is 4.37. The number of para-hydroxylation sites is 1. The van der Waals surface area contributed by atoms with Crippen LogP contribution in [0.5, 0.6) is 5.88 Å². The molecule has 0 saturated carbocycles. The number of carbonyl (C=O) groups excluding carboxylic acids is 2. The van der Waals surface area contributed by atoms with Gasteiger partial charge in [-0.2, -0.15) is 0 Å². The molecule has 3 heterocycles. The zero-order valence-electron chi connectivity index (χ0n) is 13.1. The first-order chi connectivity index (χ1) is 12.1. The number of ketones is 1. The lowest BCUT2D eigenvalue weighted by atomic mass is 10.1. The molecule has 0 unspecified atom stereocenters. The normalized spacial score (nSPS) is 14.4. The molecular weight excluding hydrogens is 342 g/mol. The number of aromatic amines is 1. The van der Waals surface area contributed by atoms with Gasteiger partial charge in [0.05, 0.1) is 23.7 Å². The Morgan fingerprint density at radius 3 is 2.76 bits per heavy atom. The van der Waals surface area contributed by atoms with E-state index in [4.69, 9.17) is 16.3 Å². The van der Waals surface area contributed by atoms with Crippen molar-refractivity contribution < 1.29 is 14.3 Å². The van der Waals surface area contributed by atoms with Gasteiger partial charge in [0.2, 0.25) is 5.88 Å². The highest BCUT2D eigenvalue weighted by molar-refractivity contribution is 6.45. The Morgan fingerprint density at radius 2 is 2.00 bits per heavy atom. The van der Waals surface area contributed by atoms with E-state index in [1.165, 1.54) is 11.1 Å². The lowest BCUT2D eigenvalue weighted by molar-refractivity contribution is -0.134. The van der Waals surface area contributed by atoms with Crippen molar-refractivity contribution in [1.29, 1.82) is 0 Å². The number of rotatable bonds is 4. The van der Waals surface area contributed by atoms with Crippen molar-refractivity contribution in [1.82, 2.24) is 14.9 Å². The first-order valence-corrected chi connectivity index (χ1v) is 8.17. The van der Waals surface area contributed by atoms with Gasteiger partial charge in [0.25, 0.3) is 11.7 Å². The molecule has 1 fully saturated rings. The summed E-state index contributed by atoms with van der Waals surface area (Å²) in [6.45, 7) is 0.717. The maximum absolute atomic E-state index is 12.5. The standard InChI is InChI=1S/C18H14ClN3O3/c19-11-5-6-16(21-7-11)25-12-9-22(10-12)18(24)17(23)14-8-20-15-4-2-1-3-13(14)15/h1-8,12,20H,9-10H2. The molecule has 3 aromatic rings. The number of nitrogens with one attached hydrogen (secondary N) is 1. The molecule has 126 valence electrons. The molecule has 4 rings (SSSR count). The summed E-state index contributed by atoms with van der Waals surface area (Å²) in [6, 6.07) is 10.8. The molecule has 1 aliphatic rings. The van der Waals surface area contributed by atoms with Gasteiger partial charge in [0, 0.05) is 29.4 Å². The van der Waals surface area contributed by atoms with E-state index in [0.29, 0.717) is 29.6 Å². The van der Waals surface area contributed by atoms with Crippen LogP contribution in [0, 0.1) is 0 Å². The average molecular weight is 356 g/mol. The number of hydrogen-bond acceptors (Lipinski definition) is 4. The number of carbonyl (C=O) groups is 2. The second-order valence-electron chi connectivity index (χ2n) is 5.84. The molecule has 1 aromatic carbocycles. The van der Waals surface area contributed by atoms with Crippen LogP contribution in [-0.2, 0) is 4.79 Å². The molecule has 25 heavy (non-hydrogen) atoms. The Bertz CT molecular complexity index is 946. The Morgan fingerprint density at radius 1 is 1.20 bits per heavy atom. The lowest BCUT2D eigenvalue weighted by Gasteiger charge is -2.38. The van der Waals surface area contributed by atoms with Crippen LogP contribution in [-0.4, -0.2) is 45.8 Å². The number of likely N-dealkylation sites (tertiary alicyclic amines) is 1. The molecule has 1 amide bonds. The predicted octanol–water partition coefficient (Wildman–Crippen LogP) is 2.69. The van der Waals surface area contributed by atoms with Crippen molar-refractivity contribution in [2.24, 2.45) is 0 Å². The van der Waals surface area contributed by atoms with E-state index in [0.717, 1.165) is 10.9 Å². The average Bonchev–Trinajstić information content (AvgIpc) is 3.02. The van der Waals surface area contributed by atoms with Crippen LogP contribution in [0.25, 0.3) is 10.9 Å². The van der Waals surface area contributed by atoms with Crippen molar-refractivity contribution in [3.63, 3.8) is 0 Å². The highest BCUT2D eigenvalue weighted by Crippen LogP contribution is 2.22. The van der Waals surface area contributed by atoms with E-state index < -0.39 is 11.7 Å². The number of aromatic nitrogens is 2. The predicted molar refractivity (Wildman–Crippen MR) is 92.9 cm³/mol. The van der Waals surface area contributed by atoms with Crippen LogP contribution in [0.15, 0.2) is 48.8 Å². The Labute approximate surface area is 148 Å². The van der Waals surface area contributed by atoms with E-state index in [-0.39, 0.29) is 6.10 Å². The van der Waals surface area contributed by atoms with E-state index >= 15 is 0 Å². The SMILES string of the molecule is O=C(C(=O)N1CC(Oc2ccc(Cl)cn2)C1)c1c[nH]c2ccccc12. The first kappa shape index (κ1) is 15.7. The van der Waals surface area contributed by atoms with Crippen molar-refractivity contribution in [3.8, 4) is 5.88 Å². The fourth-order valence-electron chi connectivity index (χ4n) is 2.80. The van der Waals surface area contributed by atoms with E-state index in [1.54, 1.807) is 18.3 Å². The van der Waals surface area contributed by atoms with Crippen molar-refractivity contribution in [2.75, 3.05) is 13.1 Å². The van der Waals surface area contributed by atoms with Crippen LogP contribution >= 0.6 is 11.6 Å². The maximum atomic E-state index is 12.5. The number of H-pyrrole nitrogens is 1. The lowest BCUT2D eigenvalue weighted by Crippen LogP contribution is -2.57. The highest BCUT2D eigenvalue weighted by Gasteiger charge is 2.36. The Kier molecular flexibility index (Phi) is 3.89. The summed E-state index contributed by atoms with van der Waals surface area (Å²) in [4.78, 5) is 33.4. The van der Waals surface area contributed by atoms with Gasteiger partial charge in [-0.05, 0) is 12.1 Å². The number of hydrogen-bond donors (Lipinski definition) is 1. The first-order valence-electron chi connectivity index (χ1n) is 7.80. The van der Waals surface area contributed by atoms with Gasteiger partial charge in [-0.3, -0.25) is 9.59 Å². The minimum absolute atomic E-state index is 0.173. The smallest absolute Gasteiger partial charge is 0.295 e. The van der Waals surface area contributed by atoms with E-state index in [1.807, 2.05) is 24.3 Å². The number of ether oxygens (including phenoxy) is 1. The molecule has 1 aliphatic heterocycles. The number of halogens is 1. The topological polar surface area (TPSA) is 75.3 Å². The summed E-state index contributed by atoms with van der Waals surface area (Å²) in [7, 11) is 0. The van der Waals surface area contributed by atoms with Crippen LogP contribution < -0.4 is 4.74 Å². The summed E-state index contributed by atoms with van der Waals surface area (Å²) < 4.78 is 5.65. The second-order valence-corrected chi connectivity index (χ2v) is 6.28. The maximum Gasteiger partial charge on any atom is 0.295 e. The Balaban J connectivity index is 1.39. The summed E-state index contributed by atoms with van der Waals surface area (Å²) in [5, 5.41) is 1.28. The number of pyridine rings is 1. The Hall–Kier alpha value is -2.86. The zero-order valence-corrected chi connectivity index (χ0v) is 13.9. The van der Waals surface area contributed by atoms with Crippen LogP contribution in [0.2, 0.25) is 5.02 Å². The third-order valence-electron chi connectivity index (χ3n) is 4.15. The molecule has 0 spiro atoms. The summed E-state index contributed by atoms with van der Waals surface area (Å²) in [5.41, 5.74) is 1.22. The molecule has 0 atom stereocenters. The number of benzene rings is 1. The largest absolute Gasteiger partial charge is 0.471 e. The molecular formula is C18H14ClN3O3. The summed E-state index contributed by atoms with van der Waals surface area (Å²) in [5.74, 6) is -0.585. The third kappa shape index (κ3) is 2.96. The van der Waals surface area contributed by atoms with Gasteiger partial charge < -0.3 is 14.6 Å². The number of fused-ring (bicyclic) bond motifs is 1. The van der Waals surface area contributed by atoms with Crippen molar-refractivity contribution in [3.05, 3.63) is 59.4 Å². The number of Topliss-reactive ketones (excluding diaryl/α,β-unsaturated/α-hetero) is 1. The number of amides is 1. The molecule has 2 aromatic heterocycles. The van der Waals surface area contributed by atoms with E-state index in [9.17, 15) is 9.59 Å². The fraction of sp³-hybridized carbons (Fsp3) is 0.167. The fourth-order valence-corrected chi connectivity index (χ4v) is 2.91. The summed E-state index contributed by atoms with van der Waals surface area (Å²) >= 11 is 5.77. The van der Waals surface area contributed by atoms with Gasteiger partial charge in [-0.15, -0.1) is 0 Å². The van der Waals surface area contributed by atoms with Gasteiger partial charge in [-0.1, -0.05) is 29.8 Å². The molecule has 0 bridgehead atoms.